The van der Waals surface area contributed by atoms with Gasteiger partial charge in [-0.3, -0.25) is 17.9 Å². The van der Waals surface area contributed by atoms with Gasteiger partial charge in [-0.2, -0.15) is 0 Å². The van der Waals surface area contributed by atoms with E-state index in [4.69, 9.17) is 0 Å². The summed E-state index contributed by atoms with van der Waals surface area (Å²) < 4.78 is 10.3. The molecule has 0 bridgehead atoms. The first-order chi connectivity index (χ1) is 25.0. The maximum atomic E-state index is 2.60. The van der Waals surface area contributed by atoms with Gasteiger partial charge in [-0.15, -0.1) is 0 Å². The molecule has 0 amide bonds. The van der Waals surface area contributed by atoms with Crippen molar-refractivity contribution in [1.82, 2.24) is 17.9 Å². The maximum Gasteiger partial charge on any atom is 0.252 e. The van der Waals surface area contributed by atoms with Crippen LogP contribution in [0.5, 0.6) is 0 Å². The number of benzene rings is 7. The number of para-hydroxylation sites is 2. The molecule has 0 atom stereocenters. The Labute approximate surface area is 293 Å². The molecular weight excluding hydrogens is 619 g/mol. The molecule has 0 aliphatic carbocycles. The van der Waals surface area contributed by atoms with Crippen molar-refractivity contribution in [3.05, 3.63) is 139 Å². The molecule has 4 nitrogen and oxygen atoms in total. The van der Waals surface area contributed by atoms with E-state index in [0.29, 0.717) is 0 Å². The summed E-state index contributed by atoms with van der Waals surface area (Å²) in [6.07, 6.45) is 0. The van der Waals surface area contributed by atoms with Crippen molar-refractivity contribution in [2.24, 2.45) is 0 Å². The van der Waals surface area contributed by atoms with E-state index in [2.05, 4.69) is 172 Å². The minimum Gasteiger partial charge on any atom is -0.295 e. The van der Waals surface area contributed by atoms with Crippen molar-refractivity contribution in [1.29, 1.82) is 0 Å². The Bertz CT molecular complexity index is 3200. The lowest BCUT2D eigenvalue weighted by Gasteiger charge is -2.34. The molecule has 4 aromatic heterocycles. The van der Waals surface area contributed by atoms with Gasteiger partial charge >= 0.3 is 0 Å². The predicted octanol–water partition coefficient (Wildman–Crippen LogP) is 9.13. The van der Waals surface area contributed by atoms with E-state index in [1.807, 2.05) is 0 Å². The summed E-state index contributed by atoms with van der Waals surface area (Å²) in [5.41, 5.74) is 18.2. The van der Waals surface area contributed by atoms with Crippen LogP contribution in [-0.2, 0) is 5.41 Å². The molecule has 0 saturated carbocycles. The Morgan fingerprint density at radius 3 is 1.41 bits per heavy atom. The molecule has 0 unspecified atom stereocenters. The van der Waals surface area contributed by atoms with E-state index < -0.39 is 0 Å². The summed E-state index contributed by atoms with van der Waals surface area (Å²) in [6, 6.07) is 50.6. The molecule has 0 saturated heterocycles. The van der Waals surface area contributed by atoms with E-state index >= 15 is 0 Å². The summed E-state index contributed by atoms with van der Waals surface area (Å²) in [7, 11) is 0. The van der Waals surface area contributed by atoms with Crippen molar-refractivity contribution in [3.8, 4) is 11.4 Å². The Kier molecular flexibility index (Phi) is 4.47. The van der Waals surface area contributed by atoms with Crippen molar-refractivity contribution in [2.75, 3.05) is 0 Å². The maximum absolute atomic E-state index is 2.60. The van der Waals surface area contributed by atoms with Crippen LogP contribution < -0.4 is 16.4 Å². The quantitative estimate of drug-likeness (QED) is 0.146. The molecule has 51 heavy (non-hydrogen) atoms. The summed E-state index contributed by atoms with van der Waals surface area (Å²) in [5.74, 6) is 0. The van der Waals surface area contributed by atoms with E-state index in [1.54, 1.807) is 0 Å². The second-order valence-electron chi connectivity index (χ2n) is 15.8. The summed E-state index contributed by atoms with van der Waals surface area (Å²) in [5, 5.41) is 7.67. The standard InChI is InChI=1S/C46H31BN4/c1-46(2,3)30-24-37-41-38(25-30)51-40-23-29-21-19-27-11-5-7-13-32(27)43(29)49(40)36-17-9-15-34(45(36)51)47(41)33-14-8-16-35-44(33)50(37)39-22-28-20-18-26-10-4-6-12-31(26)42(28)48(35)39/h4-25H,1-3H3. The van der Waals surface area contributed by atoms with Gasteiger partial charge in [-0.1, -0.05) is 118 Å². The van der Waals surface area contributed by atoms with Crippen LogP contribution >= 0.6 is 0 Å². The van der Waals surface area contributed by atoms with Gasteiger partial charge < -0.3 is 0 Å². The third kappa shape index (κ3) is 3.00. The van der Waals surface area contributed by atoms with E-state index in [-0.39, 0.29) is 12.1 Å². The van der Waals surface area contributed by atoms with Crippen molar-refractivity contribution < 1.29 is 0 Å². The monoisotopic (exact) mass is 650 g/mol. The zero-order valence-electron chi connectivity index (χ0n) is 28.6. The van der Waals surface area contributed by atoms with Crippen LogP contribution in [0.15, 0.2) is 133 Å². The molecule has 0 fully saturated rings. The van der Waals surface area contributed by atoms with Gasteiger partial charge in [0.25, 0.3) is 6.71 Å². The first-order valence-corrected chi connectivity index (χ1v) is 18.1. The highest BCUT2D eigenvalue weighted by molar-refractivity contribution is 7.00. The fourth-order valence-electron chi connectivity index (χ4n) is 10.1. The lowest BCUT2D eigenvalue weighted by molar-refractivity contribution is 0.589. The third-order valence-corrected chi connectivity index (χ3v) is 12.2. The fraction of sp³-hybridized carbons (Fsp3) is 0.0870. The normalized spacial score (nSPS) is 13.7. The van der Waals surface area contributed by atoms with Crippen LogP contribution in [0.2, 0.25) is 0 Å². The highest BCUT2D eigenvalue weighted by atomic mass is 15.2. The lowest BCUT2D eigenvalue weighted by atomic mass is 9.34. The predicted molar refractivity (Wildman–Crippen MR) is 215 cm³/mol. The zero-order chi connectivity index (χ0) is 33.5. The van der Waals surface area contributed by atoms with E-state index in [9.17, 15) is 0 Å². The molecule has 2 aliphatic rings. The Morgan fingerprint density at radius 1 is 0.451 bits per heavy atom. The van der Waals surface area contributed by atoms with Crippen molar-refractivity contribution in [3.63, 3.8) is 0 Å². The average Bonchev–Trinajstić information content (AvgIpc) is 3.89. The average molecular weight is 651 g/mol. The number of hydrogen-bond donors (Lipinski definition) is 0. The van der Waals surface area contributed by atoms with Crippen molar-refractivity contribution >= 4 is 99.8 Å². The first kappa shape index (κ1) is 26.6. The second kappa shape index (κ2) is 8.56. The Balaban J connectivity index is 1.26. The fourth-order valence-corrected chi connectivity index (χ4v) is 10.1. The van der Waals surface area contributed by atoms with Crippen LogP contribution in [0, 0.1) is 0 Å². The van der Waals surface area contributed by atoms with Crippen molar-refractivity contribution in [2.45, 2.75) is 26.2 Å². The zero-order valence-corrected chi connectivity index (χ0v) is 28.6. The van der Waals surface area contributed by atoms with Crippen LogP contribution in [0.4, 0.5) is 0 Å². The van der Waals surface area contributed by atoms with Crippen LogP contribution in [0.25, 0.3) is 88.1 Å². The third-order valence-electron chi connectivity index (χ3n) is 12.2. The molecular formula is C46H31BN4. The summed E-state index contributed by atoms with van der Waals surface area (Å²) >= 11 is 0. The number of imidazole rings is 2. The molecule has 0 radical (unpaired) electrons. The minimum atomic E-state index is -0.0497. The SMILES string of the molecule is CC(C)(C)c1cc2c3c(c1)-n1c4c(cccc4n4c5c(ccc6ccccc65)cc14)B3c1cccc3c1n-2c1cc2ccc4ccccc4c2n31. The van der Waals surface area contributed by atoms with Gasteiger partial charge in [0.1, 0.15) is 11.3 Å². The van der Waals surface area contributed by atoms with Gasteiger partial charge in [0.15, 0.2) is 0 Å². The smallest absolute Gasteiger partial charge is 0.252 e. The minimum absolute atomic E-state index is 0.0497. The number of rotatable bonds is 0. The van der Waals surface area contributed by atoms with Crippen LogP contribution in [0.3, 0.4) is 0 Å². The van der Waals surface area contributed by atoms with Gasteiger partial charge in [0.2, 0.25) is 0 Å². The summed E-state index contributed by atoms with van der Waals surface area (Å²) in [6.45, 7) is 7.16. The highest BCUT2D eigenvalue weighted by Gasteiger charge is 2.42. The van der Waals surface area contributed by atoms with E-state index in [1.165, 1.54) is 110 Å². The molecule has 0 spiro atoms. The van der Waals surface area contributed by atoms with Crippen LogP contribution in [-0.4, -0.2) is 24.6 Å². The molecule has 11 aromatic rings. The molecule has 238 valence electrons. The molecule has 13 rings (SSSR count). The molecule has 0 N–H and O–H groups in total. The number of nitrogens with zero attached hydrogens (tertiary/aromatic N) is 4. The summed E-state index contributed by atoms with van der Waals surface area (Å²) in [4.78, 5) is 0. The number of hydrogen-bond acceptors (Lipinski definition) is 0. The number of fused-ring (bicyclic) bond motifs is 18. The largest absolute Gasteiger partial charge is 0.295 e. The topological polar surface area (TPSA) is 18.7 Å². The molecule has 7 aromatic carbocycles. The van der Waals surface area contributed by atoms with Gasteiger partial charge in [0.05, 0.1) is 33.1 Å². The molecule has 5 heteroatoms. The first-order valence-electron chi connectivity index (χ1n) is 18.1. The van der Waals surface area contributed by atoms with Gasteiger partial charge in [-0.25, -0.2) is 0 Å². The van der Waals surface area contributed by atoms with Crippen LogP contribution in [0.1, 0.15) is 26.3 Å². The second-order valence-corrected chi connectivity index (χ2v) is 15.8. The molecule has 2 aliphatic heterocycles. The van der Waals surface area contributed by atoms with Gasteiger partial charge in [0, 0.05) is 32.9 Å². The lowest BCUT2D eigenvalue weighted by Crippen LogP contribution is -2.59. The Morgan fingerprint density at radius 2 is 0.922 bits per heavy atom. The molecule has 6 heterocycles. The van der Waals surface area contributed by atoms with E-state index in [0.717, 1.165) is 0 Å². The van der Waals surface area contributed by atoms with Gasteiger partial charge in [-0.05, 0) is 74.5 Å². The number of aromatic nitrogens is 4. The Hall–Kier alpha value is -6.20. The highest BCUT2D eigenvalue weighted by Crippen LogP contribution is 2.41.